The van der Waals surface area contributed by atoms with E-state index in [1.165, 1.54) is 11.1 Å². The average Bonchev–Trinajstić information content (AvgIpc) is 3.28. The highest BCUT2D eigenvalue weighted by Gasteiger charge is 2.44. The summed E-state index contributed by atoms with van der Waals surface area (Å²) in [7, 11) is 1.77. The lowest BCUT2D eigenvalue weighted by molar-refractivity contribution is 0.607. The zero-order chi connectivity index (χ0) is 17.7. The Morgan fingerprint density at radius 2 is 2.20 bits per heavy atom. The Kier molecular flexibility index (Phi) is 5.68. The topological polar surface area (TPSA) is 49.3 Å². The maximum atomic E-state index is 13.5. The fourth-order valence-electron chi connectivity index (χ4n) is 2.95. The molecule has 0 amide bonds. The maximum Gasteiger partial charge on any atom is 0.191 e. The van der Waals surface area contributed by atoms with Crippen molar-refractivity contribution in [3.05, 3.63) is 51.7 Å². The second-order valence-corrected chi connectivity index (χ2v) is 7.42. The number of aromatic nitrogens is 1. The molecular weight excluding hydrogens is 335 g/mol. The lowest BCUT2D eigenvalue weighted by Crippen LogP contribution is -2.42. The largest absolute Gasteiger partial charge is 0.356 e. The van der Waals surface area contributed by atoms with E-state index in [-0.39, 0.29) is 11.2 Å². The van der Waals surface area contributed by atoms with Gasteiger partial charge in [-0.3, -0.25) is 4.99 Å². The molecule has 4 nitrogen and oxygen atoms in total. The highest BCUT2D eigenvalue weighted by atomic mass is 32.1. The molecule has 0 bridgehead atoms. The van der Waals surface area contributed by atoms with Crippen molar-refractivity contribution in [3.8, 4) is 0 Å². The summed E-state index contributed by atoms with van der Waals surface area (Å²) >= 11 is 1.72. The lowest BCUT2D eigenvalue weighted by atomic mass is 9.96. The molecule has 2 N–H and O–H groups in total. The first-order valence-electron chi connectivity index (χ1n) is 8.79. The molecule has 0 unspecified atom stereocenters. The normalized spacial score (nSPS) is 15.9. The third-order valence-electron chi connectivity index (χ3n) is 4.68. The van der Waals surface area contributed by atoms with E-state index in [9.17, 15) is 4.39 Å². The first-order valence-corrected chi connectivity index (χ1v) is 9.67. The Morgan fingerprint density at radius 1 is 1.36 bits per heavy atom. The van der Waals surface area contributed by atoms with Gasteiger partial charge in [0.25, 0.3) is 0 Å². The third-order valence-corrected chi connectivity index (χ3v) is 5.73. The molecule has 1 aromatic heterocycles. The van der Waals surface area contributed by atoms with Crippen LogP contribution in [0.1, 0.15) is 36.0 Å². The summed E-state index contributed by atoms with van der Waals surface area (Å²) in [6, 6.07) is 6.95. The molecule has 0 aliphatic heterocycles. The zero-order valence-corrected chi connectivity index (χ0v) is 15.6. The van der Waals surface area contributed by atoms with Crippen molar-refractivity contribution in [2.24, 2.45) is 4.99 Å². The molecule has 3 rings (SSSR count). The van der Waals surface area contributed by atoms with Crippen LogP contribution < -0.4 is 10.6 Å². The molecular formula is C19H25FN4S. The van der Waals surface area contributed by atoms with Crippen molar-refractivity contribution in [2.75, 3.05) is 20.1 Å². The molecule has 0 atom stereocenters. The van der Waals surface area contributed by atoms with E-state index in [4.69, 9.17) is 0 Å². The van der Waals surface area contributed by atoms with Crippen molar-refractivity contribution < 1.29 is 4.39 Å². The van der Waals surface area contributed by atoms with Crippen LogP contribution in [0.3, 0.4) is 0 Å². The molecule has 1 aromatic carbocycles. The quantitative estimate of drug-likeness (QED) is 0.588. The van der Waals surface area contributed by atoms with Gasteiger partial charge < -0.3 is 10.6 Å². The Labute approximate surface area is 152 Å². The molecule has 25 heavy (non-hydrogen) atoms. The monoisotopic (exact) mass is 360 g/mol. The molecule has 1 heterocycles. The smallest absolute Gasteiger partial charge is 0.191 e. The van der Waals surface area contributed by atoms with Crippen LogP contribution in [0.4, 0.5) is 4.39 Å². The van der Waals surface area contributed by atoms with E-state index < -0.39 is 0 Å². The number of benzene rings is 1. The molecule has 0 saturated heterocycles. The number of hydrogen-bond acceptors (Lipinski definition) is 3. The van der Waals surface area contributed by atoms with Gasteiger partial charge in [0.15, 0.2) is 5.96 Å². The van der Waals surface area contributed by atoms with Gasteiger partial charge >= 0.3 is 0 Å². The van der Waals surface area contributed by atoms with Gasteiger partial charge in [-0.1, -0.05) is 19.1 Å². The Balaban J connectivity index is 1.48. The van der Waals surface area contributed by atoms with E-state index in [1.54, 1.807) is 30.5 Å². The fraction of sp³-hybridized carbons (Fsp3) is 0.474. The number of thiazole rings is 1. The predicted molar refractivity (Wildman–Crippen MR) is 102 cm³/mol. The zero-order valence-electron chi connectivity index (χ0n) is 14.8. The number of nitrogens with zero attached hydrogens (tertiary/aromatic N) is 2. The molecule has 1 fully saturated rings. The summed E-state index contributed by atoms with van der Waals surface area (Å²) in [5.41, 5.74) is 2.25. The first kappa shape index (κ1) is 17.9. The van der Waals surface area contributed by atoms with E-state index in [0.717, 1.165) is 56.0 Å². The highest BCUT2D eigenvalue weighted by molar-refractivity contribution is 7.09. The van der Waals surface area contributed by atoms with Gasteiger partial charge in [0.05, 0.1) is 10.7 Å². The minimum Gasteiger partial charge on any atom is -0.356 e. The van der Waals surface area contributed by atoms with E-state index in [1.807, 2.05) is 6.07 Å². The van der Waals surface area contributed by atoms with Gasteiger partial charge in [-0.2, -0.15) is 0 Å². The third kappa shape index (κ3) is 4.57. The first-order chi connectivity index (χ1) is 12.1. The van der Waals surface area contributed by atoms with Crippen LogP contribution in [-0.4, -0.2) is 31.1 Å². The summed E-state index contributed by atoms with van der Waals surface area (Å²) in [6.07, 6.45) is 4.04. The van der Waals surface area contributed by atoms with Crippen LogP contribution in [0, 0.1) is 5.82 Å². The predicted octanol–water partition coefficient (Wildman–Crippen LogP) is 3.28. The Hall–Kier alpha value is -1.95. The summed E-state index contributed by atoms with van der Waals surface area (Å²) in [6.45, 7) is 3.69. The van der Waals surface area contributed by atoms with Crippen molar-refractivity contribution in [1.82, 2.24) is 15.6 Å². The number of rotatable bonds is 7. The van der Waals surface area contributed by atoms with Gasteiger partial charge in [-0.15, -0.1) is 11.3 Å². The SMILES string of the molecule is CCc1nc(CCNC(=NC)NCC2(c3cccc(F)c3)CC2)cs1. The van der Waals surface area contributed by atoms with Crippen molar-refractivity contribution in [1.29, 1.82) is 0 Å². The molecule has 6 heteroatoms. The fourth-order valence-corrected chi connectivity index (χ4v) is 3.72. The van der Waals surface area contributed by atoms with Gasteiger partial charge in [0, 0.05) is 37.4 Å². The number of aryl methyl sites for hydroxylation is 1. The van der Waals surface area contributed by atoms with Gasteiger partial charge in [0.1, 0.15) is 5.82 Å². The van der Waals surface area contributed by atoms with Crippen LogP contribution in [0.25, 0.3) is 0 Å². The molecule has 0 radical (unpaired) electrons. The van der Waals surface area contributed by atoms with Gasteiger partial charge in [-0.25, -0.2) is 9.37 Å². The molecule has 0 spiro atoms. The summed E-state index contributed by atoms with van der Waals surface area (Å²) in [5, 5.41) is 10.0. The molecule has 1 saturated carbocycles. The van der Waals surface area contributed by atoms with E-state index >= 15 is 0 Å². The standard InChI is InChI=1S/C19H25FN4S/c1-3-17-24-16(12-25-17)7-10-22-18(21-2)23-13-19(8-9-19)14-5-4-6-15(20)11-14/h4-6,11-12H,3,7-10,13H2,1-2H3,(H2,21,22,23). The number of halogens is 1. The Morgan fingerprint density at radius 3 is 2.84 bits per heavy atom. The number of guanidine groups is 1. The van der Waals surface area contributed by atoms with Crippen molar-refractivity contribution in [2.45, 2.75) is 38.0 Å². The van der Waals surface area contributed by atoms with Crippen LogP contribution in [0.2, 0.25) is 0 Å². The molecule has 1 aliphatic carbocycles. The van der Waals surface area contributed by atoms with Crippen LogP contribution in [-0.2, 0) is 18.3 Å². The van der Waals surface area contributed by atoms with E-state index in [2.05, 4.69) is 32.9 Å². The summed E-state index contributed by atoms with van der Waals surface area (Å²) < 4.78 is 13.5. The Bertz CT molecular complexity index is 737. The second kappa shape index (κ2) is 7.95. The molecule has 1 aliphatic rings. The highest BCUT2D eigenvalue weighted by Crippen LogP contribution is 2.47. The van der Waals surface area contributed by atoms with Crippen molar-refractivity contribution in [3.63, 3.8) is 0 Å². The number of aliphatic imine (C=N–C) groups is 1. The minimum absolute atomic E-state index is 0.0463. The molecule has 2 aromatic rings. The van der Waals surface area contributed by atoms with Gasteiger partial charge in [0.2, 0.25) is 0 Å². The van der Waals surface area contributed by atoms with Gasteiger partial charge in [-0.05, 0) is 37.0 Å². The minimum atomic E-state index is -0.166. The summed E-state index contributed by atoms with van der Waals surface area (Å²) in [4.78, 5) is 8.86. The maximum absolute atomic E-state index is 13.5. The van der Waals surface area contributed by atoms with Crippen LogP contribution in [0.5, 0.6) is 0 Å². The van der Waals surface area contributed by atoms with Crippen LogP contribution >= 0.6 is 11.3 Å². The number of nitrogens with one attached hydrogen (secondary N) is 2. The van der Waals surface area contributed by atoms with Crippen LogP contribution in [0.15, 0.2) is 34.6 Å². The average molecular weight is 361 g/mol. The lowest BCUT2D eigenvalue weighted by Gasteiger charge is -2.19. The second-order valence-electron chi connectivity index (χ2n) is 6.48. The van der Waals surface area contributed by atoms with Crippen molar-refractivity contribution >= 4 is 17.3 Å². The summed E-state index contributed by atoms with van der Waals surface area (Å²) in [5.74, 6) is 0.620. The van der Waals surface area contributed by atoms with E-state index in [0.29, 0.717) is 0 Å². The molecule has 134 valence electrons. The number of hydrogen-bond donors (Lipinski definition) is 2.